The van der Waals surface area contributed by atoms with E-state index in [4.69, 9.17) is 5.73 Å². The molecule has 1 aliphatic rings. The van der Waals surface area contributed by atoms with Crippen LogP contribution in [0.1, 0.15) is 52.4 Å². The smallest absolute Gasteiger partial charge is 0.240 e. The standard InChI is InChI=1S/C14H27N3O2/c1-3-14(15,4-2)13(19)16-9-8-12(18)17-10-6-5-7-11-17/h3-11,15H2,1-2H3,(H,16,19). The highest BCUT2D eigenvalue weighted by Crippen LogP contribution is 2.12. The minimum Gasteiger partial charge on any atom is -0.354 e. The van der Waals surface area contributed by atoms with Crippen molar-refractivity contribution >= 4 is 11.8 Å². The van der Waals surface area contributed by atoms with Crippen LogP contribution >= 0.6 is 0 Å². The van der Waals surface area contributed by atoms with Crippen LogP contribution in [0.15, 0.2) is 0 Å². The third-order valence-corrected chi connectivity index (χ3v) is 4.05. The highest BCUT2D eigenvalue weighted by atomic mass is 16.2. The Kier molecular flexibility index (Phi) is 6.28. The first kappa shape index (κ1) is 16.0. The number of carbonyl (C=O) groups excluding carboxylic acids is 2. The number of piperidine rings is 1. The van der Waals surface area contributed by atoms with E-state index in [0.717, 1.165) is 25.9 Å². The molecule has 19 heavy (non-hydrogen) atoms. The molecule has 0 aromatic carbocycles. The number of amides is 2. The van der Waals surface area contributed by atoms with Gasteiger partial charge in [0.25, 0.3) is 0 Å². The van der Waals surface area contributed by atoms with Gasteiger partial charge in [0.05, 0.1) is 5.54 Å². The highest BCUT2D eigenvalue weighted by molar-refractivity contribution is 5.86. The molecule has 0 radical (unpaired) electrons. The lowest BCUT2D eigenvalue weighted by Gasteiger charge is -2.28. The van der Waals surface area contributed by atoms with E-state index in [2.05, 4.69) is 5.32 Å². The van der Waals surface area contributed by atoms with E-state index in [0.29, 0.717) is 25.8 Å². The molecule has 1 rings (SSSR count). The van der Waals surface area contributed by atoms with Crippen LogP contribution in [0.2, 0.25) is 0 Å². The van der Waals surface area contributed by atoms with Crippen LogP contribution in [0.25, 0.3) is 0 Å². The minimum absolute atomic E-state index is 0.135. The van der Waals surface area contributed by atoms with E-state index >= 15 is 0 Å². The predicted molar refractivity (Wildman–Crippen MR) is 75.6 cm³/mol. The molecule has 5 heteroatoms. The number of hydrogen-bond donors (Lipinski definition) is 2. The molecular weight excluding hydrogens is 242 g/mol. The molecule has 0 aromatic rings. The van der Waals surface area contributed by atoms with Crippen LogP contribution in [0.4, 0.5) is 0 Å². The monoisotopic (exact) mass is 269 g/mol. The molecule has 0 spiro atoms. The zero-order chi connectivity index (χ0) is 14.3. The summed E-state index contributed by atoms with van der Waals surface area (Å²) in [4.78, 5) is 25.7. The van der Waals surface area contributed by atoms with Crippen molar-refractivity contribution in [3.8, 4) is 0 Å². The maximum absolute atomic E-state index is 11.9. The van der Waals surface area contributed by atoms with E-state index in [-0.39, 0.29) is 11.8 Å². The Labute approximate surface area is 115 Å². The molecule has 1 saturated heterocycles. The molecule has 2 amide bonds. The summed E-state index contributed by atoms with van der Waals surface area (Å²) in [7, 11) is 0. The van der Waals surface area contributed by atoms with Crippen molar-refractivity contribution in [1.29, 1.82) is 0 Å². The molecule has 110 valence electrons. The van der Waals surface area contributed by atoms with Gasteiger partial charge in [-0.25, -0.2) is 0 Å². The van der Waals surface area contributed by atoms with Crippen LogP contribution in [-0.2, 0) is 9.59 Å². The van der Waals surface area contributed by atoms with Gasteiger partial charge in [-0.05, 0) is 32.1 Å². The maximum atomic E-state index is 11.9. The van der Waals surface area contributed by atoms with Crippen LogP contribution in [0.3, 0.4) is 0 Å². The van der Waals surface area contributed by atoms with E-state index in [1.807, 2.05) is 18.7 Å². The summed E-state index contributed by atoms with van der Waals surface area (Å²) in [6, 6.07) is 0. The Balaban J connectivity index is 2.29. The summed E-state index contributed by atoms with van der Waals surface area (Å²) < 4.78 is 0. The number of rotatable bonds is 6. The Morgan fingerprint density at radius 2 is 1.74 bits per heavy atom. The number of nitrogens with zero attached hydrogens (tertiary/aromatic N) is 1. The van der Waals surface area contributed by atoms with Crippen molar-refractivity contribution in [3.05, 3.63) is 0 Å². The second-order valence-electron chi connectivity index (χ2n) is 5.31. The fraction of sp³-hybridized carbons (Fsp3) is 0.857. The molecule has 0 bridgehead atoms. The molecule has 5 nitrogen and oxygen atoms in total. The first-order valence-electron chi connectivity index (χ1n) is 7.38. The Bertz CT molecular complexity index is 308. The average Bonchev–Trinajstić information content (AvgIpc) is 2.47. The van der Waals surface area contributed by atoms with Crippen LogP contribution in [0, 0.1) is 0 Å². The number of nitrogens with two attached hydrogens (primary N) is 1. The van der Waals surface area contributed by atoms with Gasteiger partial charge in [0.2, 0.25) is 11.8 Å². The second-order valence-corrected chi connectivity index (χ2v) is 5.31. The van der Waals surface area contributed by atoms with Crippen molar-refractivity contribution in [1.82, 2.24) is 10.2 Å². The molecule has 0 saturated carbocycles. The summed E-state index contributed by atoms with van der Waals surface area (Å²) >= 11 is 0. The largest absolute Gasteiger partial charge is 0.354 e. The van der Waals surface area contributed by atoms with Gasteiger partial charge >= 0.3 is 0 Å². The van der Waals surface area contributed by atoms with Gasteiger partial charge in [-0.15, -0.1) is 0 Å². The molecule has 0 unspecified atom stereocenters. The first-order valence-corrected chi connectivity index (χ1v) is 7.38. The molecule has 3 N–H and O–H groups in total. The van der Waals surface area contributed by atoms with Crippen molar-refractivity contribution in [2.45, 2.75) is 57.9 Å². The number of nitrogens with one attached hydrogen (secondary N) is 1. The summed E-state index contributed by atoms with van der Waals surface area (Å²) in [6.45, 7) is 5.91. The third kappa shape index (κ3) is 4.49. The van der Waals surface area contributed by atoms with Gasteiger partial charge in [0, 0.05) is 26.1 Å². The minimum atomic E-state index is -0.797. The normalized spacial score (nSPS) is 16.3. The van der Waals surface area contributed by atoms with Crippen LogP contribution in [-0.4, -0.2) is 41.9 Å². The molecule has 1 aliphatic heterocycles. The first-order chi connectivity index (χ1) is 9.03. The van der Waals surface area contributed by atoms with Crippen molar-refractivity contribution in [3.63, 3.8) is 0 Å². The van der Waals surface area contributed by atoms with Gasteiger partial charge in [0.1, 0.15) is 0 Å². The molecule has 0 aromatic heterocycles. The summed E-state index contributed by atoms with van der Waals surface area (Å²) in [5.41, 5.74) is 5.19. The number of hydrogen-bond acceptors (Lipinski definition) is 3. The second kappa shape index (κ2) is 7.48. The SMILES string of the molecule is CCC(N)(CC)C(=O)NCCC(=O)N1CCCCC1. The average molecular weight is 269 g/mol. The Hall–Kier alpha value is -1.10. The zero-order valence-corrected chi connectivity index (χ0v) is 12.2. The molecule has 0 aliphatic carbocycles. The van der Waals surface area contributed by atoms with Crippen molar-refractivity contribution < 1.29 is 9.59 Å². The van der Waals surface area contributed by atoms with Gasteiger partial charge in [-0.3, -0.25) is 9.59 Å². The predicted octanol–water partition coefficient (Wildman–Crippen LogP) is 1.02. The zero-order valence-electron chi connectivity index (χ0n) is 12.2. The lowest BCUT2D eigenvalue weighted by Crippen LogP contribution is -2.53. The van der Waals surface area contributed by atoms with Crippen molar-refractivity contribution in [2.24, 2.45) is 5.73 Å². The fourth-order valence-corrected chi connectivity index (χ4v) is 2.33. The molecular formula is C14H27N3O2. The Morgan fingerprint density at radius 3 is 2.26 bits per heavy atom. The molecule has 0 atom stereocenters. The summed E-state index contributed by atoms with van der Waals surface area (Å²) in [6.07, 6.45) is 4.98. The third-order valence-electron chi connectivity index (χ3n) is 4.05. The van der Waals surface area contributed by atoms with Gasteiger partial charge < -0.3 is 16.0 Å². The number of carbonyl (C=O) groups is 2. The van der Waals surface area contributed by atoms with Crippen molar-refractivity contribution in [2.75, 3.05) is 19.6 Å². The van der Waals surface area contributed by atoms with Crippen LogP contribution in [0.5, 0.6) is 0 Å². The fourth-order valence-electron chi connectivity index (χ4n) is 2.33. The van der Waals surface area contributed by atoms with E-state index in [1.165, 1.54) is 6.42 Å². The van der Waals surface area contributed by atoms with Gasteiger partial charge in [-0.1, -0.05) is 13.8 Å². The van der Waals surface area contributed by atoms with Gasteiger partial charge in [0.15, 0.2) is 0 Å². The maximum Gasteiger partial charge on any atom is 0.240 e. The summed E-state index contributed by atoms with van der Waals surface area (Å²) in [5, 5.41) is 2.78. The van der Waals surface area contributed by atoms with Gasteiger partial charge in [-0.2, -0.15) is 0 Å². The molecule has 1 fully saturated rings. The lowest BCUT2D eigenvalue weighted by molar-refractivity contribution is -0.132. The topological polar surface area (TPSA) is 75.4 Å². The van der Waals surface area contributed by atoms with E-state index in [9.17, 15) is 9.59 Å². The van der Waals surface area contributed by atoms with Crippen LogP contribution < -0.4 is 11.1 Å². The molecule has 1 heterocycles. The summed E-state index contributed by atoms with van der Waals surface area (Å²) in [5.74, 6) is -0.0143. The number of likely N-dealkylation sites (tertiary alicyclic amines) is 1. The van der Waals surface area contributed by atoms with E-state index < -0.39 is 5.54 Å². The quantitative estimate of drug-likeness (QED) is 0.756. The van der Waals surface area contributed by atoms with E-state index in [1.54, 1.807) is 0 Å². The lowest BCUT2D eigenvalue weighted by atomic mass is 9.93. The highest BCUT2D eigenvalue weighted by Gasteiger charge is 2.29. The Morgan fingerprint density at radius 1 is 1.16 bits per heavy atom.